The predicted octanol–water partition coefficient (Wildman–Crippen LogP) is 1.22. The first-order valence-electron chi connectivity index (χ1n) is 4.85. The Bertz CT molecular complexity index is 394. The van der Waals surface area contributed by atoms with E-state index in [1.165, 1.54) is 0 Å². The third-order valence-electron chi connectivity index (χ3n) is 1.81. The molecule has 0 heterocycles. The van der Waals surface area contributed by atoms with Gasteiger partial charge in [0.05, 0.1) is 18.1 Å². The Morgan fingerprint density at radius 3 is 2.50 bits per heavy atom. The van der Waals surface area contributed by atoms with Crippen LogP contribution in [-0.2, 0) is 14.8 Å². The quantitative estimate of drug-likeness (QED) is 0.595. The Kier molecular flexibility index (Phi) is 5.76. The number of ether oxygens (including phenoxy) is 1. The van der Waals surface area contributed by atoms with Gasteiger partial charge in [-0.2, -0.15) is 0 Å². The molecule has 1 aromatic carbocycles. The van der Waals surface area contributed by atoms with E-state index in [1.807, 2.05) is 0 Å². The molecule has 16 heavy (non-hydrogen) atoms. The van der Waals surface area contributed by atoms with Gasteiger partial charge in [-0.1, -0.05) is 18.2 Å². The van der Waals surface area contributed by atoms with Gasteiger partial charge in [0.2, 0.25) is 10.0 Å². The van der Waals surface area contributed by atoms with Crippen LogP contribution in [0.5, 0.6) is 0 Å². The van der Waals surface area contributed by atoms with E-state index in [4.69, 9.17) is 16.3 Å². The molecular formula is C10H14ClNO3S. The van der Waals surface area contributed by atoms with E-state index in [0.29, 0.717) is 19.1 Å². The topological polar surface area (TPSA) is 55.4 Å². The van der Waals surface area contributed by atoms with E-state index < -0.39 is 10.0 Å². The van der Waals surface area contributed by atoms with Crippen LogP contribution in [0.15, 0.2) is 35.2 Å². The molecule has 0 spiro atoms. The van der Waals surface area contributed by atoms with E-state index in [-0.39, 0.29) is 11.4 Å². The Labute approximate surface area is 101 Å². The number of rotatable bonds is 7. The lowest BCUT2D eigenvalue weighted by Gasteiger charge is -2.06. The van der Waals surface area contributed by atoms with Crippen molar-refractivity contribution in [2.75, 3.05) is 25.6 Å². The first kappa shape index (κ1) is 13.4. The highest BCUT2D eigenvalue weighted by molar-refractivity contribution is 7.89. The predicted molar refractivity (Wildman–Crippen MR) is 63.2 cm³/mol. The Balaban J connectivity index is 2.41. The van der Waals surface area contributed by atoms with E-state index in [0.717, 1.165) is 0 Å². The van der Waals surface area contributed by atoms with E-state index in [1.54, 1.807) is 30.3 Å². The number of nitrogens with one attached hydrogen (secondary N) is 1. The molecule has 1 aromatic rings. The number of halogens is 1. The normalized spacial score (nSPS) is 11.6. The maximum atomic E-state index is 11.7. The van der Waals surface area contributed by atoms with Crippen LogP contribution in [0, 0.1) is 0 Å². The molecule has 6 heteroatoms. The SMILES string of the molecule is O=S(=O)(NCCOCCCl)c1ccccc1. The Hall–Kier alpha value is -0.620. The van der Waals surface area contributed by atoms with Crippen molar-refractivity contribution in [2.45, 2.75) is 4.90 Å². The van der Waals surface area contributed by atoms with Gasteiger partial charge in [-0.3, -0.25) is 0 Å². The van der Waals surface area contributed by atoms with Crippen LogP contribution in [0.4, 0.5) is 0 Å². The molecule has 1 N–H and O–H groups in total. The maximum Gasteiger partial charge on any atom is 0.240 e. The molecule has 0 saturated carbocycles. The molecule has 0 bridgehead atoms. The zero-order chi connectivity index (χ0) is 11.9. The average Bonchev–Trinajstić information content (AvgIpc) is 2.30. The zero-order valence-corrected chi connectivity index (χ0v) is 10.3. The molecule has 4 nitrogen and oxygen atoms in total. The van der Waals surface area contributed by atoms with Gasteiger partial charge in [0.25, 0.3) is 0 Å². The standard InChI is InChI=1S/C10H14ClNO3S/c11-6-8-15-9-7-12-16(13,14)10-4-2-1-3-5-10/h1-5,12H,6-9H2. The molecule has 0 amide bonds. The fourth-order valence-corrected chi connectivity index (χ4v) is 2.23. The molecule has 0 aliphatic rings. The molecule has 0 atom stereocenters. The maximum absolute atomic E-state index is 11.7. The monoisotopic (exact) mass is 263 g/mol. The van der Waals surface area contributed by atoms with Crippen molar-refractivity contribution in [1.82, 2.24) is 4.72 Å². The minimum absolute atomic E-state index is 0.244. The number of hydrogen-bond acceptors (Lipinski definition) is 3. The highest BCUT2D eigenvalue weighted by Gasteiger charge is 2.11. The Morgan fingerprint density at radius 1 is 1.19 bits per heavy atom. The molecule has 0 unspecified atom stereocenters. The lowest BCUT2D eigenvalue weighted by atomic mass is 10.4. The second-order valence-corrected chi connectivity index (χ2v) is 5.16. The summed E-state index contributed by atoms with van der Waals surface area (Å²) in [6, 6.07) is 8.21. The summed E-state index contributed by atoms with van der Waals surface area (Å²) in [5.41, 5.74) is 0. The van der Waals surface area contributed by atoms with Gasteiger partial charge in [-0.05, 0) is 12.1 Å². The summed E-state index contributed by atoms with van der Waals surface area (Å²) >= 11 is 5.40. The van der Waals surface area contributed by atoms with Crippen molar-refractivity contribution >= 4 is 21.6 Å². The number of sulfonamides is 1. The van der Waals surface area contributed by atoms with Gasteiger partial charge in [-0.25, -0.2) is 13.1 Å². The van der Waals surface area contributed by atoms with Crippen molar-refractivity contribution in [3.63, 3.8) is 0 Å². The molecule has 0 aliphatic carbocycles. The van der Waals surface area contributed by atoms with Crippen LogP contribution in [0.3, 0.4) is 0 Å². The second kappa shape index (κ2) is 6.85. The number of hydrogen-bond donors (Lipinski definition) is 1. The molecule has 0 aromatic heterocycles. The average molecular weight is 264 g/mol. The summed E-state index contributed by atoms with van der Waals surface area (Å²) in [5, 5.41) is 0. The first-order valence-corrected chi connectivity index (χ1v) is 6.87. The van der Waals surface area contributed by atoms with Gasteiger partial charge in [-0.15, -0.1) is 11.6 Å². The van der Waals surface area contributed by atoms with Crippen molar-refractivity contribution in [1.29, 1.82) is 0 Å². The fourth-order valence-electron chi connectivity index (χ4n) is 1.09. The second-order valence-electron chi connectivity index (χ2n) is 3.01. The minimum atomic E-state index is -3.41. The van der Waals surface area contributed by atoms with Crippen LogP contribution in [0.1, 0.15) is 0 Å². The van der Waals surface area contributed by atoms with Crippen molar-refractivity contribution < 1.29 is 13.2 Å². The molecule has 0 radical (unpaired) electrons. The molecule has 0 saturated heterocycles. The first-order chi connectivity index (χ1) is 7.67. The number of alkyl halides is 1. The zero-order valence-electron chi connectivity index (χ0n) is 8.73. The van der Waals surface area contributed by atoms with E-state index in [2.05, 4.69) is 4.72 Å². The lowest BCUT2D eigenvalue weighted by molar-refractivity contribution is 0.155. The summed E-state index contributed by atoms with van der Waals surface area (Å²) < 4.78 is 30.8. The van der Waals surface area contributed by atoms with Crippen LogP contribution in [-0.4, -0.2) is 34.1 Å². The summed E-state index contributed by atoms with van der Waals surface area (Å²) in [6.45, 7) is 0.988. The molecular weight excluding hydrogens is 250 g/mol. The highest BCUT2D eigenvalue weighted by atomic mass is 35.5. The molecule has 90 valence electrons. The van der Waals surface area contributed by atoms with Crippen LogP contribution >= 0.6 is 11.6 Å². The smallest absolute Gasteiger partial charge is 0.240 e. The van der Waals surface area contributed by atoms with Crippen LogP contribution in [0.25, 0.3) is 0 Å². The largest absolute Gasteiger partial charge is 0.379 e. The van der Waals surface area contributed by atoms with E-state index >= 15 is 0 Å². The molecule has 1 rings (SSSR count). The van der Waals surface area contributed by atoms with Gasteiger partial charge in [0, 0.05) is 12.4 Å². The molecule has 0 aliphatic heterocycles. The van der Waals surface area contributed by atoms with Crippen molar-refractivity contribution in [2.24, 2.45) is 0 Å². The third kappa shape index (κ3) is 4.49. The summed E-state index contributed by atoms with van der Waals surface area (Å²) in [5.74, 6) is 0.408. The minimum Gasteiger partial charge on any atom is -0.379 e. The lowest BCUT2D eigenvalue weighted by Crippen LogP contribution is -2.27. The summed E-state index contributed by atoms with van der Waals surface area (Å²) in [4.78, 5) is 0.257. The van der Waals surface area contributed by atoms with Crippen molar-refractivity contribution in [3.05, 3.63) is 30.3 Å². The third-order valence-corrected chi connectivity index (χ3v) is 3.44. The van der Waals surface area contributed by atoms with Gasteiger partial charge in [0.1, 0.15) is 0 Å². The van der Waals surface area contributed by atoms with Gasteiger partial charge < -0.3 is 4.74 Å². The van der Waals surface area contributed by atoms with Gasteiger partial charge >= 0.3 is 0 Å². The Morgan fingerprint density at radius 2 is 1.88 bits per heavy atom. The summed E-state index contributed by atoms with van der Waals surface area (Å²) in [7, 11) is -3.41. The van der Waals surface area contributed by atoms with Crippen LogP contribution < -0.4 is 4.72 Å². The van der Waals surface area contributed by atoms with Gasteiger partial charge in [0.15, 0.2) is 0 Å². The van der Waals surface area contributed by atoms with Crippen LogP contribution in [0.2, 0.25) is 0 Å². The van der Waals surface area contributed by atoms with E-state index in [9.17, 15) is 8.42 Å². The number of benzene rings is 1. The molecule has 0 fully saturated rings. The van der Waals surface area contributed by atoms with Crippen molar-refractivity contribution in [3.8, 4) is 0 Å². The highest BCUT2D eigenvalue weighted by Crippen LogP contribution is 2.06. The summed E-state index contributed by atoms with van der Waals surface area (Å²) in [6.07, 6.45) is 0. The fraction of sp³-hybridized carbons (Fsp3) is 0.400.